The van der Waals surface area contributed by atoms with Crippen molar-refractivity contribution in [1.29, 1.82) is 0 Å². The van der Waals surface area contributed by atoms with Crippen LogP contribution in [0.2, 0.25) is 5.02 Å². The maximum atomic E-state index is 6.07. The minimum atomic E-state index is 0.675. The topological polar surface area (TPSA) is 28.7 Å². The van der Waals surface area contributed by atoms with Gasteiger partial charge in [0.1, 0.15) is 11.3 Å². The van der Waals surface area contributed by atoms with Gasteiger partial charge >= 0.3 is 0 Å². The second kappa shape index (κ2) is 3.87. The van der Waals surface area contributed by atoms with Gasteiger partial charge in [0.25, 0.3) is 0 Å². The van der Waals surface area contributed by atoms with Gasteiger partial charge in [0.05, 0.1) is 14.3 Å². The molecule has 0 aliphatic heterocycles. The Morgan fingerprint density at radius 2 is 2.25 bits per heavy atom. The number of fused-ring (bicyclic) bond motifs is 1. The monoisotopic (exact) mass is 312 g/mol. The average molecular weight is 314 g/mol. The number of aromatic nitrogens is 2. The van der Waals surface area contributed by atoms with Crippen molar-refractivity contribution in [1.82, 2.24) is 9.97 Å². The SMILES string of the molecule is Clc1cccc2[nH]c(-c3csc(Br)c3)nc12. The summed E-state index contributed by atoms with van der Waals surface area (Å²) in [5.74, 6) is 0.852. The number of nitrogens with zero attached hydrogens (tertiary/aromatic N) is 1. The zero-order chi connectivity index (χ0) is 11.1. The third-order valence-corrected chi connectivity index (χ3v) is 4.11. The van der Waals surface area contributed by atoms with Crippen LogP contribution in [-0.2, 0) is 0 Å². The number of nitrogens with one attached hydrogen (secondary N) is 1. The standard InChI is InChI=1S/C11H6BrClN2S/c12-9-4-6(5-16-9)11-14-8-3-1-2-7(13)10(8)15-11/h1-5H,(H,14,15). The van der Waals surface area contributed by atoms with E-state index in [0.29, 0.717) is 5.02 Å². The second-order valence-corrected chi connectivity index (χ2v) is 6.06. The summed E-state index contributed by atoms with van der Waals surface area (Å²) < 4.78 is 1.09. The van der Waals surface area contributed by atoms with E-state index in [1.165, 1.54) is 0 Å². The van der Waals surface area contributed by atoms with Crippen LogP contribution in [0.5, 0.6) is 0 Å². The molecule has 0 aliphatic rings. The number of aromatic amines is 1. The van der Waals surface area contributed by atoms with Gasteiger partial charge in [-0.25, -0.2) is 4.98 Å². The summed E-state index contributed by atoms with van der Waals surface area (Å²) in [5.41, 5.74) is 2.86. The molecule has 0 radical (unpaired) electrons. The van der Waals surface area contributed by atoms with Gasteiger partial charge in [-0.05, 0) is 34.1 Å². The minimum Gasteiger partial charge on any atom is -0.338 e. The Balaban J connectivity index is 2.22. The molecule has 0 atom stereocenters. The summed E-state index contributed by atoms with van der Waals surface area (Å²) in [6, 6.07) is 7.77. The quantitative estimate of drug-likeness (QED) is 0.692. The molecule has 0 saturated heterocycles. The Morgan fingerprint density at radius 3 is 2.94 bits per heavy atom. The molecule has 1 aromatic carbocycles. The fraction of sp³-hybridized carbons (Fsp3) is 0. The Labute approximate surface area is 109 Å². The van der Waals surface area contributed by atoms with E-state index in [4.69, 9.17) is 11.6 Å². The van der Waals surface area contributed by atoms with Crippen LogP contribution in [-0.4, -0.2) is 9.97 Å². The summed E-state index contributed by atoms with van der Waals surface area (Å²) in [5, 5.41) is 2.73. The zero-order valence-electron chi connectivity index (χ0n) is 8.00. The van der Waals surface area contributed by atoms with Crippen LogP contribution in [0.3, 0.4) is 0 Å². The molecule has 0 amide bonds. The van der Waals surface area contributed by atoms with Crippen molar-refractivity contribution in [3.63, 3.8) is 0 Å². The van der Waals surface area contributed by atoms with Crippen LogP contribution in [0.1, 0.15) is 0 Å². The molecule has 0 saturated carbocycles. The van der Waals surface area contributed by atoms with Crippen molar-refractivity contribution in [2.75, 3.05) is 0 Å². The molecule has 3 aromatic rings. The molecule has 80 valence electrons. The molecule has 5 heteroatoms. The molecule has 1 N–H and O–H groups in total. The summed E-state index contributed by atoms with van der Waals surface area (Å²) in [6.45, 7) is 0. The highest BCUT2D eigenvalue weighted by Crippen LogP contribution is 2.30. The maximum absolute atomic E-state index is 6.07. The van der Waals surface area contributed by atoms with Crippen molar-refractivity contribution in [3.8, 4) is 11.4 Å². The number of rotatable bonds is 1. The Morgan fingerprint density at radius 1 is 1.38 bits per heavy atom. The van der Waals surface area contributed by atoms with Gasteiger partial charge in [0.15, 0.2) is 0 Å². The smallest absolute Gasteiger partial charge is 0.139 e. The van der Waals surface area contributed by atoms with Crippen molar-refractivity contribution in [2.24, 2.45) is 0 Å². The van der Waals surface area contributed by atoms with Crippen LogP contribution in [0.15, 0.2) is 33.4 Å². The first-order chi connectivity index (χ1) is 7.74. The van der Waals surface area contributed by atoms with Gasteiger partial charge in [-0.3, -0.25) is 0 Å². The van der Waals surface area contributed by atoms with E-state index in [9.17, 15) is 0 Å². The van der Waals surface area contributed by atoms with Gasteiger partial charge in [-0.2, -0.15) is 0 Å². The van der Waals surface area contributed by atoms with E-state index in [0.717, 1.165) is 26.2 Å². The lowest BCUT2D eigenvalue weighted by molar-refractivity contribution is 1.35. The zero-order valence-corrected chi connectivity index (χ0v) is 11.2. The van der Waals surface area contributed by atoms with Crippen molar-refractivity contribution in [2.45, 2.75) is 0 Å². The predicted molar refractivity (Wildman–Crippen MR) is 72.1 cm³/mol. The lowest BCUT2D eigenvalue weighted by Crippen LogP contribution is -1.74. The van der Waals surface area contributed by atoms with E-state index >= 15 is 0 Å². The molecule has 0 fully saturated rings. The maximum Gasteiger partial charge on any atom is 0.139 e. The van der Waals surface area contributed by atoms with Crippen LogP contribution < -0.4 is 0 Å². The largest absolute Gasteiger partial charge is 0.338 e. The molecular formula is C11H6BrClN2S. The number of halogens is 2. The first kappa shape index (κ1) is 10.3. The first-order valence-electron chi connectivity index (χ1n) is 4.63. The Hall–Kier alpha value is -0.840. The third kappa shape index (κ3) is 1.67. The van der Waals surface area contributed by atoms with Crippen molar-refractivity contribution in [3.05, 3.63) is 38.5 Å². The van der Waals surface area contributed by atoms with Gasteiger partial charge in [-0.15, -0.1) is 11.3 Å². The highest BCUT2D eigenvalue weighted by molar-refractivity contribution is 9.11. The van der Waals surface area contributed by atoms with E-state index in [1.807, 2.05) is 24.3 Å². The number of H-pyrrole nitrogens is 1. The number of thiophene rings is 1. The lowest BCUT2D eigenvalue weighted by Gasteiger charge is -1.88. The number of hydrogen-bond donors (Lipinski definition) is 1. The molecule has 2 heterocycles. The summed E-state index contributed by atoms with van der Waals surface area (Å²) in [4.78, 5) is 7.75. The lowest BCUT2D eigenvalue weighted by atomic mass is 10.3. The van der Waals surface area contributed by atoms with E-state index in [2.05, 4.69) is 31.3 Å². The summed E-state index contributed by atoms with van der Waals surface area (Å²) in [6.07, 6.45) is 0. The number of hydrogen-bond acceptors (Lipinski definition) is 2. The number of para-hydroxylation sites is 1. The molecule has 2 nitrogen and oxygen atoms in total. The van der Waals surface area contributed by atoms with E-state index < -0.39 is 0 Å². The fourth-order valence-electron chi connectivity index (χ4n) is 1.57. The summed E-state index contributed by atoms with van der Waals surface area (Å²) in [7, 11) is 0. The molecular weight excluding hydrogens is 308 g/mol. The van der Waals surface area contributed by atoms with Crippen LogP contribution in [0.4, 0.5) is 0 Å². The summed E-state index contributed by atoms with van der Waals surface area (Å²) >= 11 is 11.1. The van der Waals surface area contributed by atoms with Gasteiger partial charge in [0, 0.05) is 10.9 Å². The molecule has 0 unspecified atom stereocenters. The highest BCUT2D eigenvalue weighted by Gasteiger charge is 2.08. The first-order valence-corrected chi connectivity index (χ1v) is 6.68. The average Bonchev–Trinajstić information content (AvgIpc) is 2.84. The van der Waals surface area contributed by atoms with Crippen molar-refractivity contribution >= 4 is 49.9 Å². The van der Waals surface area contributed by atoms with Gasteiger partial charge < -0.3 is 4.98 Å². The van der Waals surface area contributed by atoms with Crippen LogP contribution in [0.25, 0.3) is 22.4 Å². The molecule has 0 bridgehead atoms. The predicted octanol–water partition coefficient (Wildman–Crippen LogP) is 4.71. The third-order valence-electron chi connectivity index (χ3n) is 2.30. The molecule has 3 rings (SSSR count). The molecule has 16 heavy (non-hydrogen) atoms. The van der Waals surface area contributed by atoms with Gasteiger partial charge in [0.2, 0.25) is 0 Å². The normalized spacial score (nSPS) is 11.1. The fourth-order valence-corrected chi connectivity index (χ4v) is 2.93. The van der Waals surface area contributed by atoms with Gasteiger partial charge in [-0.1, -0.05) is 17.7 Å². The minimum absolute atomic E-state index is 0.675. The van der Waals surface area contributed by atoms with E-state index in [1.54, 1.807) is 11.3 Å². The molecule has 2 aromatic heterocycles. The molecule has 0 aliphatic carbocycles. The second-order valence-electron chi connectivity index (χ2n) is 3.36. The number of benzene rings is 1. The van der Waals surface area contributed by atoms with Crippen LogP contribution in [0, 0.1) is 0 Å². The Bertz CT molecular complexity index is 659. The number of imidazole rings is 1. The van der Waals surface area contributed by atoms with Crippen LogP contribution >= 0.6 is 38.9 Å². The molecule has 0 spiro atoms. The van der Waals surface area contributed by atoms with E-state index in [-0.39, 0.29) is 0 Å². The Kier molecular flexibility index (Phi) is 2.50. The highest BCUT2D eigenvalue weighted by atomic mass is 79.9. The van der Waals surface area contributed by atoms with Crippen molar-refractivity contribution < 1.29 is 0 Å².